The number of hydrogen-bond donors (Lipinski definition) is 1. The molecule has 0 aliphatic carbocycles. The zero-order valence-electron chi connectivity index (χ0n) is 10.8. The molecule has 0 unspecified atom stereocenters. The summed E-state index contributed by atoms with van der Waals surface area (Å²) in [5.74, 6) is 0. The molecule has 1 aromatic carbocycles. The number of fused-ring (bicyclic) bond motifs is 2. The Hall–Kier alpha value is -2.07. The highest BCUT2D eigenvalue weighted by atomic mass is 35.5. The number of halogens is 1. The fourth-order valence-corrected chi connectivity index (χ4v) is 3.04. The van der Waals surface area contributed by atoms with Gasteiger partial charge in [0, 0.05) is 24.5 Å². The largest absolute Gasteiger partial charge is 0.384 e. The maximum absolute atomic E-state index is 6.41. The molecule has 1 aliphatic heterocycles. The van der Waals surface area contributed by atoms with Crippen molar-refractivity contribution in [3.63, 3.8) is 0 Å². The lowest BCUT2D eigenvalue weighted by atomic mass is 9.98. The molecule has 4 rings (SSSR count). The zero-order valence-corrected chi connectivity index (χ0v) is 11.6. The third-order valence-corrected chi connectivity index (χ3v) is 3.98. The summed E-state index contributed by atoms with van der Waals surface area (Å²) in [5, 5.41) is 8.48. The van der Waals surface area contributed by atoms with Gasteiger partial charge < -0.3 is 5.32 Å². The van der Waals surface area contributed by atoms with Crippen molar-refractivity contribution < 1.29 is 0 Å². The van der Waals surface area contributed by atoms with Crippen LogP contribution in [0.1, 0.15) is 12.0 Å². The second-order valence-electron chi connectivity index (χ2n) is 4.97. The molecule has 0 spiro atoms. The molecule has 0 fully saturated rings. The number of nitrogens with one attached hydrogen (secondary N) is 1. The predicted octanol–water partition coefficient (Wildman–Crippen LogP) is 3.41. The van der Waals surface area contributed by atoms with Crippen LogP contribution >= 0.6 is 11.6 Å². The summed E-state index contributed by atoms with van der Waals surface area (Å²) < 4.78 is 1.78. The van der Waals surface area contributed by atoms with E-state index in [9.17, 15) is 0 Å². The summed E-state index contributed by atoms with van der Waals surface area (Å²) in [7, 11) is 0. The van der Waals surface area contributed by atoms with E-state index >= 15 is 0 Å². The van der Waals surface area contributed by atoms with Crippen molar-refractivity contribution in [1.82, 2.24) is 14.6 Å². The van der Waals surface area contributed by atoms with Crippen LogP contribution in [0.3, 0.4) is 0 Å². The highest BCUT2D eigenvalue weighted by molar-refractivity contribution is 6.33. The van der Waals surface area contributed by atoms with E-state index in [0.717, 1.165) is 46.9 Å². The van der Waals surface area contributed by atoms with E-state index in [1.165, 1.54) is 5.56 Å². The fraction of sp³-hybridized carbons (Fsp3) is 0.200. The zero-order chi connectivity index (χ0) is 13.5. The molecule has 100 valence electrons. The third kappa shape index (κ3) is 1.76. The molecule has 5 heteroatoms. The molecular weight excluding hydrogens is 272 g/mol. The predicted molar refractivity (Wildman–Crippen MR) is 80.2 cm³/mol. The Morgan fingerprint density at radius 1 is 1.30 bits per heavy atom. The molecule has 0 radical (unpaired) electrons. The molecule has 0 atom stereocenters. The van der Waals surface area contributed by atoms with Crippen LogP contribution in [0.2, 0.25) is 5.02 Å². The van der Waals surface area contributed by atoms with Crippen LogP contribution < -0.4 is 5.32 Å². The molecular formula is C15H13ClN4. The van der Waals surface area contributed by atoms with Crippen LogP contribution in [-0.2, 0) is 6.42 Å². The fourth-order valence-electron chi connectivity index (χ4n) is 2.74. The van der Waals surface area contributed by atoms with Gasteiger partial charge >= 0.3 is 0 Å². The molecule has 3 aromatic rings. The van der Waals surface area contributed by atoms with Gasteiger partial charge in [0.15, 0.2) is 5.65 Å². The molecule has 1 aliphatic rings. The number of anilines is 1. The van der Waals surface area contributed by atoms with E-state index in [4.69, 9.17) is 11.6 Å². The van der Waals surface area contributed by atoms with Crippen LogP contribution in [0, 0.1) is 0 Å². The van der Waals surface area contributed by atoms with Gasteiger partial charge in [0.1, 0.15) is 0 Å². The standard InChI is InChI=1S/C15H13ClN4/c16-13-8-11(7-10-3-1-4-17-14(10)13)12-9-19-20-6-2-5-18-15(12)20/h2,5-9,17H,1,3-4H2. The molecule has 0 saturated heterocycles. The monoisotopic (exact) mass is 284 g/mol. The van der Waals surface area contributed by atoms with E-state index in [-0.39, 0.29) is 0 Å². The normalized spacial score (nSPS) is 14.1. The first-order valence-corrected chi connectivity index (χ1v) is 7.06. The number of hydrogen-bond acceptors (Lipinski definition) is 3. The summed E-state index contributed by atoms with van der Waals surface area (Å²) in [6, 6.07) is 6.05. The lowest BCUT2D eigenvalue weighted by molar-refractivity contribution is 0.831. The maximum atomic E-state index is 6.41. The van der Waals surface area contributed by atoms with Crippen molar-refractivity contribution in [2.75, 3.05) is 11.9 Å². The van der Waals surface area contributed by atoms with Crippen LogP contribution in [0.15, 0.2) is 36.8 Å². The third-order valence-electron chi connectivity index (χ3n) is 3.69. The average molecular weight is 285 g/mol. The van der Waals surface area contributed by atoms with E-state index < -0.39 is 0 Å². The second-order valence-corrected chi connectivity index (χ2v) is 5.38. The van der Waals surface area contributed by atoms with E-state index in [1.807, 2.05) is 24.5 Å². The van der Waals surface area contributed by atoms with Gasteiger partial charge in [0.2, 0.25) is 0 Å². The van der Waals surface area contributed by atoms with Gasteiger partial charge in [-0.3, -0.25) is 0 Å². The Morgan fingerprint density at radius 2 is 2.25 bits per heavy atom. The summed E-state index contributed by atoms with van der Waals surface area (Å²) >= 11 is 6.41. The number of aromatic nitrogens is 3. The molecule has 4 nitrogen and oxygen atoms in total. The van der Waals surface area contributed by atoms with E-state index in [0.29, 0.717) is 0 Å². The van der Waals surface area contributed by atoms with Gasteiger partial charge in [-0.15, -0.1) is 0 Å². The van der Waals surface area contributed by atoms with Gasteiger partial charge in [-0.25, -0.2) is 9.50 Å². The molecule has 0 amide bonds. The Labute approximate surface area is 121 Å². The molecule has 0 bridgehead atoms. The molecule has 1 N–H and O–H groups in total. The van der Waals surface area contributed by atoms with Crippen molar-refractivity contribution in [3.05, 3.63) is 47.4 Å². The number of nitrogens with zero attached hydrogens (tertiary/aromatic N) is 3. The maximum Gasteiger partial charge on any atom is 0.162 e. The summed E-state index contributed by atoms with van der Waals surface area (Å²) in [6.07, 6.45) is 7.72. The van der Waals surface area contributed by atoms with Crippen LogP contribution in [0.4, 0.5) is 5.69 Å². The minimum absolute atomic E-state index is 0.771. The molecule has 2 aromatic heterocycles. The van der Waals surface area contributed by atoms with Crippen LogP contribution in [0.5, 0.6) is 0 Å². The van der Waals surface area contributed by atoms with Crippen LogP contribution in [0.25, 0.3) is 16.8 Å². The SMILES string of the molecule is Clc1cc(-c2cnn3cccnc23)cc2c1NCCC2. The Balaban J connectivity index is 1.92. The quantitative estimate of drug-likeness (QED) is 0.745. The topological polar surface area (TPSA) is 42.2 Å². The molecule has 3 heterocycles. The second kappa shape index (κ2) is 4.49. The first-order valence-electron chi connectivity index (χ1n) is 6.68. The van der Waals surface area contributed by atoms with E-state index in [2.05, 4.69) is 21.5 Å². The lowest BCUT2D eigenvalue weighted by Crippen LogP contribution is -2.12. The number of rotatable bonds is 1. The molecule has 20 heavy (non-hydrogen) atoms. The molecule has 0 saturated carbocycles. The van der Waals surface area contributed by atoms with Crippen molar-refractivity contribution in [1.29, 1.82) is 0 Å². The van der Waals surface area contributed by atoms with Crippen molar-refractivity contribution >= 4 is 22.9 Å². The van der Waals surface area contributed by atoms with Crippen molar-refractivity contribution in [3.8, 4) is 11.1 Å². The van der Waals surface area contributed by atoms with Crippen molar-refractivity contribution in [2.24, 2.45) is 0 Å². The minimum Gasteiger partial charge on any atom is -0.384 e. The lowest BCUT2D eigenvalue weighted by Gasteiger charge is -2.20. The number of benzene rings is 1. The van der Waals surface area contributed by atoms with E-state index in [1.54, 1.807) is 10.7 Å². The van der Waals surface area contributed by atoms with Gasteiger partial charge in [-0.2, -0.15) is 5.10 Å². The first kappa shape index (κ1) is 11.7. The summed E-state index contributed by atoms with van der Waals surface area (Å²) in [5.41, 5.74) is 5.29. The van der Waals surface area contributed by atoms with Gasteiger partial charge in [0.25, 0.3) is 0 Å². The van der Waals surface area contributed by atoms with Crippen molar-refractivity contribution in [2.45, 2.75) is 12.8 Å². The Bertz CT molecular complexity index is 794. The summed E-state index contributed by atoms with van der Waals surface area (Å²) in [6.45, 7) is 0.990. The van der Waals surface area contributed by atoms with Gasteiger partial charge in [-0.05, 0) is 42.2 Å². The first-order chi connectivity index (χ1) is 9.83. The highest BCUT2D eigenvalue weighted by Crippen LogP contribution is 2.35. The average Bonchev–Trinajstić information content (AvgIpc) is 2.91. The Kier molecular flexibility index (Phi) is 2.63. The number of aryl methyl sites for hydroxylation is 1. The minimum atomic E-state index is 0.771. The van der Waals surface area contributed by atoms with Crippen LogP contribution in [-0.4, -0.2) is 21.1 Å². The Morgan fingerprint density at radius 3 is 3.20 bits per heavy atom. The highest BCUT2D eigenvalue weighted by Gasteiger charge is 2.16. The smallest absolute Gasteiger partial charge is 0.162 e. The van der Waals surface area contributed by atoms with Gasteiger partial charge in [-0.1, -0.05) is 11.6 Å². The summed E-state index contributed by atoms with van der Waals surface area (Å²) in [4.78, 5) is 4.40. The van der Waals surface area contributed by atoms with Gasteiger partial charge in [0.05, 0.1) is 16.9 Å².